The van der Waals surface area contributed by atoms with Crippen molar-refractivity contribution in [2.75, 3.05) is 24.2 Å². The third kappa shape index (κ3) is 8.23. The molecular weight excluding hydrogens is 693 g/mol. The Kier molecular flexibility index (Phi) is 13.7. The highest BCUT2D eigenvalue weighted by molar-refractivity contribution is 6.78. The number of hydrogen-bond donors (Lipinski definition) is 4. The summed E-state index contributed by atoms with van der Waals surface area (Å²) in [5.74, 6) is 0.263. The molecule has 3 heterocycles. The highest BCUT2D eigenvalue weighted by Crippen LogP contribution is 2.50. The van der Waals surface area contributed by atoms with Gasteiger partial charge in [0.1, 0.15) is 24.6 Å². The number of para-hydroxylation sites is 1. The lowest BCUT2D eigenvalue weighted by Gasteiger charge is -2.48. The molecule has 13 nitrogen and oxygen atoms in total. The number of nitrogens with zero attached hydrogens (tertiary/aromatic N) is 4. The molecule has 2 aromatic heterocycles. The molecule has 4 N–H and O–H groups in total. The van der Waals surface area contributed by atoms with Crippen molar-refractivity contribution in [2.24, 2.45) is 0 Å². The minimum absolute atomic E-state index is 0.215. The minimum atomic E-state index is -2.54. The Morgan fingerprint density at radius 3 is 1.81 bits per heavy atom. The SMILES string of the molecule is CNC(=O)NC[C@H]1O[C@@H](n2cnc3c(NC(=O)Nc4ccccc4)ncnc32)[C@H](O[Si](C(C)C)(C(C)C)C(C)C)[C@@H]1O[Si](C(C)C)(C(C)C)C(C)C. The van der Waals surface area contributed by atoms with Crippen LogP contribution in [0.5, 0.6) is 0 Å². The lowest BCUT2D eigenvalue weighted by atomic mass is 10.1. The van der Waals surface area contributed by atoms with Crippen LogP contribution in [0.1, 0.15) is 89.3 Å². The number of ether oxygens (including phenoxy) is 1. The third-order valence-corrected chi connectivity index (χ3v) is 23.2. The lowest BCUT2D eigenvalue weighted by Crippen LogP contribution is -2.58. The fraction of sp³-hybridized carbons (Fsp3) is 0.649. The molecular formula is C37H62N8O5Si2. The summed E-state index contributed by atoms with van der Waals surface area (Å²) >= 11 is 0. The van der Waals surface area contributed by atoms with Crippen molar-refractivity contribution in [2.45, 2.75) is 141 Å². The van der Waals surface area contributed by atoms with Crippen LogP contribution in [0.3, 0.4) is 0 Å². The number of urea groups is 2. The molecule has 288 valence electrons. The second-order valence-electron chi connectivity index (χ2n) is 15.8. The lowest BCUT2D eigenvalue weighted by molar-refractivity contribution is -0.0309. The van der Waals surface area contributed by atoms with Crippen molar-refractivity contribution < 1.29 is 23.2 Å². The quantitative estimate of drug-likeness (QED) is 0.113. The number of imidazole rings is 1. The first-order valence-electron chi connectivity index (χ1n) is 18.8. The van der Waals surface area contributed by atoms with Gasteiger partial charge in [0.15, 0.2) is 23.2 Å². The molecule has 3 aromatic rings. The van der Waals surface area contributed by atoms with Crippen LogP contribution in [0.15, 0.2) is 43.0 Å². The van der Waals surface area contributed by atoms with Gasteiger partial charge in [-0.3, -0.25) is 9.88 Å². The maximum Gasteiger partial charge on any atom is 0.324 e. The van der Waals surface area contributed by atoms with E-state index >= 15 is 0 Å². The van der Waals surface area contributed by atoms with Crippen molar-refractivity contribution in [1.29, 1.82) is 0 Å². The molecule has 0 bridgehead atoms. The van der Waals surface area contributed by atoms with E-state index in [4.69, 9.17) is 18.6 Å². The van der Waals surface area contributed by atoms with E-state index in [2.05, 4.69) is 114 Å². The Labute approximate surface area is 312 Å². The van der Waals surface area contributed by atoms with Gasteiger partial charge in [0.05, 0.1) is 6.33 Å². The Hall–Kier alpha value is -3.38. The van der Waals surface area contributed by atoms with Crippen LogP contribution in [0.2, 0.25) is 33.2 Å². The van der Waals surface area contributed by atoms with Gasteiger partial charge in [0, 0.05) is 19.3 Å². The highest BCUT2D eigenvalue weighted by atomic mass is 28.4. The molecule has 4 atom stereocenters. The predicted molar refractivity (Wildman–Crippen MR) is 213 cm³/mol. The zero-order chi connectivity index (χ0) is 38.5. The normalized spacial score (nSPS) is 19.8. The third-order valence-electron chi connectivity index (χ3n) is 11.0. The van der Waals surface area contributed by atoms with Gasteiger partial charge in [-0.15, -0.1) is 0 Å². The fourth-order valence-corrected chi connectivity index (χ4v) is 20.0. The molecule has 1 fully saturated rings. The van der Waals surface area contributed by atoms with E-state index in [0.29, 0.717) is 50.1 Å². The number of fused-ring (bicyclic) bond motifs is 1. The molecule has 52 heavy (non-hydrogen) atoms. The number of rotatable bonds is 15. The number of anilines is 2. The maximum atomic E-state index is 13.0. The molecule has 4 rings (SSSR count). The van der Waals surface area contributed by atoms with Crippen LogP contribution < -0.4 is 21.3 Å². The first-order chi connectivity index (χ1) is 24.5. The monoisotopic (exact) mass is 754 g/mol. The predicted octanol–water partition coefficient (Wildman–Crippen LogP) is 8.42. The summed E-state index contributed by atoms with van der Waals surface area (Å²) in [6, 6.07) is 8.43. The van der Waals surface area contributed by atoms with Gasteiger partial charge in [-0.25, -0.2) is 24.5 Å². The summed E-state index contributed by atoms with van der Waals surface area (Å²) < 4.78 is 24.2. The van der Waals surface area contributed by atoms with Gasteiger partial charge >= 0.3 is 12.1 Å². The van der Waals surface area contributed by atoms with E-state index in [1.165, 1.54) is 6.33 Å². The summed E-state index contributed by atoms with van der Waals surface area (Å²) in [4.78, 5) is 39.3. The molecule has 1 saturated heterocycles. The van der Waals surface area contributed by atoms with E-state index in [0.717, 1.165) is 0 Å². The molecule has 0 aliphatic carbocycles. The number of carbonyl (C=O) groups is 2. The van der Waals surface area contributed by atoms with Gasteiger partial charge in [-0.05, 0) is 45.4 Å². The Bertz CT molecular complexity index is 1590. The van der Waals surface area contributed by atoms with Crippen LogP contribution in [0, 0.1) is 0 Å². The highest BCUT2D eigenvalue weighted by Gasteiger charge is 2.58. The molecule has 0 unspecified atom stereocenters. The largest absolute Gasteiger partial charge is 0.408 e. The first kappa shape index (κ1) is 41.4. The van der Waals surface area contributed by atoms with Crippen LogP contribution in [0.25, 0.3) is 11.2 Å². The van der Waals surface area contributed by atoms with E-state index < -0.39 is 47.2 Å². The van der Waals surface area contributed by atoms with Gasteiger partial charge < -0.3 is 29.5 Å². The minimum Gasteiger partial charge on any atom is -0.408 e. The van der Waals surface area contributed by atoms with Crippen molar-refractivity contribution >= 4 is 51.4 Å². The summed E-state index contributed by atoms with van der Waals surface area (Å²) in [6.07, 6.45) is 0.788. The summed E-state index contributed by atoms with van der Waals surface area (Å²) in [5.41, 5.74) is 3.33. The standard InChI is InChI=1S/C37H62N8O5Si2/c1-22(2)51(23(3)4,24(5)6)49-31-29(19-39-36(46)38-13)48-35(32(31)50-52(25(7)8,26(9)10)27(11)12)45-21-42-30-33(40-20-41-34(30)45)44-37(47)43-28-17-15-14-16-18-28/h14-18,20-27,29,31-32,35H,19H2,1-13H3,(H2,38,39,46)(H2,40,41,43,44,47)/t29-,31-,32-,35-/m1/s1. The van der Waals surface area contributed by atoms with Gasteiger partial charge in [0.25, 0.3) is 0 Å². The molecule has 1 aliphatic heterocycles. The summed E-state index contributed by atoms with van der Waals surface area (Å²) in [5, 5.41) is 11.3. The van der Waals surface area contributed by atoms with Gasteiger partial charge in [0.2, 0.25) is 16.6 Å². The summed E-state index contributed by atoms with van der Waals surface area (Å²) in [6.45, 7) is 27.4. The molecule has 0 radical (unpaired) electrons. The van der Waals surface area contributed by atoms with Crippen molar-refractivity contribution in [3.63, 3.8) is 0 Å². The number of benzene rings is 1. The molecule has 15 heteroatoms. The van der Waals surface area contributed by atoms with E-state index in [9.17, 15) is 9.59 Å². The van der Waals surface area contributed by atoms with Crippen LogP contribution in [-0.4, -0.2) is 80.1 Å². The topological polar surface area (TPSA) is 154 Å². The smallest absolute Gasteiger partial charge is 0.324 e. The molecule has 4 amide bonds. The molecule has 1 aromatic carbocycles. The Morgan fingerprint density at radius 1 is 0.750 bits per heavy atom. The van der Waals surface area contributed by atoms with Gasteiger partial charge in [-0.2, -0.15) is 0 Å². The number of nitrogens with one attached hydrogen (secondary N) is 4. The van der Waals surface area contributed by atoms with E-state index in [1.54, 1.807) is 25.5 Å². The number of aromatic nitrogens is 4. The zero-order valence-corrected chi connectivity index (χ0v) is 35.4. The molecule has 1 aliphatic rings. The van der Waals surface area contributed by atoms with E-state index in [-0.39, 0.29) is 18.4 Å². The second kappa shape index (κ2) is 17.2. The second-order valence-corrected chi connectivity index (χ2v) is 26.6. The Morgan fingerprint density at radius 2 is 1.29 bits per heavy atom. The molecule has 0 saturated carbocycles. The number of amides is 4. The average Bonchev–Trinajstić information content (AvgIpc) is 3.65. The van der Waals surface area contributed by atoms with Crippen LogP contribution in [-0.2, 0) is 13.6 Å². The summed E-state index contributed by atoms with van der Waals surface area (Å²) in [7, 11) is -3.45. The van der Waals surface area contributed by atoms with Crippen LogP contribution in [0.4, 0.5) is 21.1 Å². The number of carbonyl (C=O) groups excluding carboxylic acids is 2. The zero-order valence-electron chi connectivity index (χ0n) is 33.4. The average molecular weight is 755 g/mol. The fourth-order valence-electron chi connectivity index (χ4n) is 8.85. The maximum absolute atomic E-state index is 13.0. The number of hydrogen-bond acceptors (Lipinski definition) is 8. The molecule has 0 spiro atoms. The van der Waals surface area contributed by atoms with Crippen molar-refractivity contribution in [3.05, 3.63) is 43.0 Å². The Balaban J connectivity index is 1.88. The van der Waals surface area contributed by atoms with E-state index in [1.807, 2.05) is 22.8 Å². The van der Waals surface area contributed by atoms with Crippen LogP contribution >= 0.6 is 0 Å². The van der Waals surface area contributed by atoms with Crippen molar-refractivity contribution in [3.8, 4) is 0 Å². The van der Waals surface area contributed by atoms with Gasteiger partial charge in [-0.1, -0.05) is 101 Å². The van der Waals surface area contributed by atoms with Crippen molar-refractivity contribution in [1.82, 2.24) is 30.2 Å². The first-order valence-corrected chi connectivity index (χ1v) is 23.1.